The Morgan fingerprint density at radius 3 is 2.33 bits per heavy atom. The number of urea groups is 1. The fraction of sp³-hybridized carbons (Fsp3) is 0.261. The smallest absolute Gasteiger partial charge is 0.323 e. The molecule has 0 spiro atoms. The van der Waals surface area contributed by atoms with Crippen LogP contribution in [-0.4, -0.2) is 36.4 Å². The summed E-state index contributed by atoms with van der Waals surface area (Å²) >= 11 is 0. The maximum Gasteiger partial charge on any atom is 0.323 e. The number of hydrogen-bond acceptors (Lipinski definition) is 5. The van der Waals surface area contributed by atoms with Crippen LogP contribution in [0.4, 0.5) is 22.0 Å². The SMILES string of the molecule is COc1cccc(NC(=O)Nc2cccc(-c3ccc(N4CCCCC4)nn3)c2)c1. The van der Waals surface area contributed by atoms with Crippen molar-refractivity contribution >= 4 is 23.2 Å². The first-order chi connectivity index (χ1) is 14.7. The van der Waals surface area contributed by atoms with Gasteiger partial charge in [-0.1, -0.05) is 18.2 Å². The Kier molecular flexibility index (Phi) is 6.08. The van der Waals surface area contributed by atoms with Gasteiger partial charge in [-0.2, -0.15) is 0 Å². The van der Waals surface area contributed by atoms with Crippen molar-refractivity contribution in [1.82, 2.24) is 10.2 Å². The molecule has 2 heterocycles. The van der Waals surface area contributed by atoms with Gasteiger partial charge in [0.2, 0.25) is 0 Å². The Labute approximate surface area is 176 Å². The number of nitrogens with one attached hydrogen (secondary N) is 2. The lowest BCUT2D eigenvalue weighted by atomic mass is 10.1. The van der Waals surface area contributed by atoms with Crippen LogP contribution in [0.5, 0.6) is 5.75 Å². The predicted molar refractivity (Wildman–Crippen MR) is 119 cm³/mol. The lowest BCUT2D eigenvalue weighted by Crippen LogP contribution is -2.30. The van der Waals surface area contributed by atoms with Crippen molar-refractivity contribution in [2.75, 3.05) is 35.7 Å². The molecule has 0 atom stereocenters. The summed E-state index contributed by atoms with van der Waals surface area (Å²) in [7, 11) is 1.59. The minimum atomic E-state index is -0.327. The number of nitrogens with zero attached hydrogens (tertiary/aromatic N) is 3. The molecule has 30 heavy (non-hydrogen) atoms. The van der Waals surface area contributed by atoms with Crippen LogP contribution in [0.25, 0.3) is 11.3 Å². The van der Waals surface area contributed by atoms with Crippen molar-refractivity contribution in [2.45, 2.75) is 19.3 Å². The first kappa shape index (κ1) is 19.7. The van der Waals surface area contributed by atoms with Crippen LogP contribution in [0.15, 0.2) is 60.7 Å². The number of anilines is 3. The Morgan fingerprint density at radius 2 is 1.63 bits per heavy atom. The van der Waals surface area contributed by atoms with Crippen LogP contribution >= 0.6 is 0 Å². The highest BCUT2D eigenvalue weighted by molar-refractivity contribution is 6.00. The highest BCUT2D eigenvalue weighted by Crippen LogP contribution is 2.23. The molecule has 2 N–H and O–H groups in total. The van der Waals surface area contributed by atoms with E-state index in [1.165, 1.54) is 19.3 Å². The van der Waals surface area contributed by atoms with E-state index in [-0.39, 0.29) is 6.03 Å². The van der Waals surface area contributed by atoms with E-state index in [9.17, 15) is 4.79 Å². The van der Waals surface area contributed by atoms with Crippen LogP contribution in [-0.2, 0) is 0 Å². The topological polar surface area (TPSA) is 79.4 Å². The molecule has 0 saturated carbocycles. The lowest BCUT2D eigenvalue weighted by Gasteiger charge is -2.27. The molecule has 7 heteroatoms. The third kappa shape index (κ3) is 4.86. The Balaban J connectivity index is 1.42. The van der Waals surface area contributed by atoms with E-state index in [0.29, 0.717) is 17.1 Å². The second-order valence-electron chi connectivity index (χ2n) is 7.22. The van der Waals surface area contributed by atoms with Gasteiger partial charge in [-0.05, 0) is 55.7 Å². The highest BCUT2D eigenvalue weighted by Gasteiger charge is 2.13. The van der Waals surface area contributed by atoms with Crippen molar-refractivity contribution in [3.63, 3.8) is 0 Å². The van der Waals surface area contributed by atoms with Crippen molar-refractivity contribution in [3.8, 4) is 17.0 Å². The summed E-state index contributed by atoms with van der Waals surface area (Å²) in [5.74, 6) is 1.60. The summed E-state index contributed by atoms with van der Waals surface area (Å²) in [6, 6.07) is 18.4. The van der Waals surface area contributed by atoms with E-state index in [2.05, 4.69) is 25.7 Å². The largest absolute Gasteiger partial charge is 0.497 e. The number of hydrogen-bond donors (Lipinski definition) is 2. The molecule has 154 valence electrons. The molecule has 0 unspecified atom stereocenters. The molecule has 0 aliphatic carbocycles. The summed E-state index contributed by atoms with van der Waals surface area (Å²) in [6.07, 6.45) is 3.69. The second-order valence-corrected chi connectivity index (χ2v) is 7.22. The summed E-state index contributed by atoms with van der Waals surface area (Å²) in [5, 5.41) is 14.5. The van der Waals surface area contributed by atoms with Crippen molar-refractivity contribution < 1.29 is 9.53 Å². The molecule has 0 radical (unpaired) electrons. The number of methoxy groups -OCH3 is 1. The van der Waals surface area contributed by atoms with Crippen LogP contribution in [0.2, 0.25) is 0 Å². The number of benzene rings is 2. The Bertz CT molecular complexity index is 1000. The maximum absolute atomic E-state index is 12.4. The van der Waals surface area contributed by atoms with E-state index in [4.69, 9.17) is 4.74 Å². The molecule has 2 aromatic carbocycles. The Hall–Kier alpha value is -3.61. The third-order valence-corrected chi connectivity index (χ3v) is 5.07. The maximum atomic E-state index is 12.4. The molecule has 1 fully saturated rings. The normalized spacial score (nSPS) is 13.6. The standard InChI is InChI=1S/C23H25N5O2/c1-30-20-10-6-9-19(16-20)25-23(29)24-18-8-5-7-17(15-18)21-11-12-22(27-26-21)28-13-3-2-4-14-28/h5-12,15-16H,2-4,13-14H2,1H3,(H2,24,25,29). The lowest BCUT2D eigenvalue weighted by molar-refractivity contribution is 0.262. The zero-order valence-electron chi connectivity index (χ0n) is 17.0. The van der Waals surface area contributed by atoms with E-state index in [1.807, 2.05) is 48.5 Å². The number of rotatable bonds is 5. The first-order valence-electron chi connectivity index (χ1n) is 10.1. The zero-order valence-corrected chi connectivity index (χ0v) is 17.0. The minimum Gasteiger partial charge on any atom is -0.497 e. The monoisotopic (exact) mass is 403 g/mol. The molecule has 0 bridgehead atoms. The molecule has 7 nitrogen and oxygen atoms in total. The summed E-state index contributed by atoms with van der Waals surface area (Å²) in [6.45, 7) is 2.08. The van der Waals surface area contributed by atoms with Gasteiger partial charge in [0.05, 0.1) is 12.8 Å². The van der Waals surface area contributed by atoms with Gasteiger partial charge in [-0.25, -0.2) is 4.79 Å². The number of carbonyl (C=O) groups excluding carboxylic acids is 1. The van der Waals surface area contributed by atoms with Crippen LogP contribution in [0.1, 0.15) is 19.3 Å². The number of carbonyl (C=O) groups is 1. The van der Waals surface area contributed by atoms with Crippen LogP contribution in [0.3, 0.4) is 0 Å². The average Bonchev–Trinajstić information content (AvgIpc) is 2.80. The van der Waals surface area contributed by atoms with Gasteiger partial charge in [0.25, 0.3) is 0 Å². The van der Waals surface area contributed by atoms with E-state index in [0.717, 1.165) is 30.2 Å². The van der Waals surface area contributed by atoms with E-state index < -0.39 is 0 Å². The first-order valence-corrected chi connectivity index (χ1v) is 10.1. The third-order valence-electron chi connectivity index (χ3n) is 5.07. The number of piperidine rings is 1. The summed E-state index contributed by atoms with van der Waals surface area (Å²) in [4.78, 5) is 14.6. The fourth-order valence-electron chi connectivity index (χ4n) is 3.52. The quantitative estimate of drug-likeness (QED) is 0.640. The molecule has 1 aliphatic heterocycles. The zero-order chi connectivity index (χ0) is 20.8. The van der Waals surface area contributed by atoms with Crippen molar-refractivity contribution in [2.24, 2.45) is 0 Å². The number of ether oxygens (including phenoxy) is 1. The predicted octanol–water partition coefficient (Wildman–Crippen LogP) is 4.79. The molecular formula is C23H25N5O2. The van der Waals surface area contributed by atoms with E-state index in [1.54, 1.807) is 19.2 Å². The number of aromatic nitrogens is 2. The second kappa shape index (κ2) is 9.26. The van der Waals surface area contributed by atoms with Gasteiger partial charge in [0, 0.05) is 36.1 Å². The molecule has 3 aromatic rings. The molecule has 1 aromatic heterocycles. The molecular weight excluding hydrogens is 378 g/mol. The van der Waals surface area contributed by atoms with Crippen LogP contribution in [0, 0.1) is 0 Å². The van der Waals surface area contributed by atoms with E-state index >= 15 is 0 Å². The van der Waals surface area contributed by atoms with Crippen molar-refractivity contribution in [3.05, 3.63) is 60.7 Å². The van der Waals surface area contributed by atoms with Gasteiger partial charge >= 0.3 is 6.03 Å². The van der Waals surface area contributed by atoms with Gasteiger partial charge in [-0.3, -0.25) is 0 Å². The highest BCUT2D eigenvalue weighted by atomic mass is 16.5. The minimum absolute atomic E-state index is 0.327. The van der Waals surface area contributed by atoms with Crippen molar-refractivity contribution in [1.29, 1.82) is 0 Å². The van der Waals surface area contributed by atoms with Gasteiger partial charge in [0.15, 0.2) is 5.82 Å². The number of amides is 2. The molecule has 4 rings (SSSR count). The molecule has 1 saturated heterocycles. The van der Waals surface area contributed by atoms with Gasteiger partial charge < -0.3 is 20.3 Å². The van der Waals surface area contributed by atoms with Gasteiger partial charge in [-0.15, -0.1) is 10.2 Å². The van der Waals surface area contributed by atoms with Crippen LogP contribution < -0.4 is 20.3 Å². The van der Waals surface area contributed by atoms with Gasteiger partial charge in [0.1, 0.15) is 5.75 Å². The molecule has 2 amide bonds. The molecule has 1 aliphatic rings. The Morgan fingerprint density at radius 1 is 0.900 bits per heavy atom. The summed E-state index contributed by atoms with van der Waals surface area (Å²) < 4.78 is 5.18. The summed E-state index contributed by atoms with van der Waals surface area (Å²) in [5.41, 5.74) is 3.00. The average molecular weight is 403 g/mol. The fourth-order valence-corrected chi connectivity index (χ4v) is 3.52.